The van der Waals surface area contributed by atoms with Crippen LogP contribution in [0.25, 0.3) is 5.57 Å². The average Bonchev–Trinajstić information content (AvgIpc) is 3.88. The fourth-order valence-corrected chi connectivity index (χ4v) is 12.1. The van der Waals surface area contributed by atoms with Gasteiger partial charge in [-0.1, -0.05) is 83.5 Å². The number of amides is 4. The minimum atomic E-state index is -2.41. The molecule has 0 spiro atoms. The van der Waals surface area contributed by atoms with E-state index in [9.17, 15) is 48.6 Å². The maximum Gasteiger partial charge on any atom is 0.331 e. The zero-order valence-corrected chi connectivity index (χ0v) is 40.1. The van der Waals surface area contributed by atoms with E-state index in [0.29, 0.717) is 24.8 Å². The van der Waals surface area contributed by atoms with E-state index in [1.807, 2.05) is 50.3 Å². The number of esters is 2. The number of hydrogen-bond donors (Lipinski definition) is 5. The first kappa shape index (κ1) is 50.9. The molecule has 3 saturated carbocycles. The van der Waals surface area contributed by atoms with E-state index >= 15 is 0 Å². The summed E-state index contributed by atoms with van der Waals surface area (Å²) in [6.07, 6.45) is 4.78. The number of ether oxygens (including phenoxy) is 2. The highest BCUT2D eigenvalue weighted by Crippen LogP contribution is 2.68. The molecule has 1 aromatic rings. The molecule has 1 aromatic carbocycles. The van der Waals surface area contributed by atoms with E-state index in [4.69, 9.17) is 9.47 Å². The van der Waals surface area contributed by atoms with Crippen LogP contribution >= 0.6 is 0 Å². The van der Waals surface area contributed by atoms with Crippen molar-refractivity contribution in [3.63, 3.8) is 0 Å². The summed E-state index contributed by atoms with van der Waals surface area (Å²) in [5.41, 5.74) is -1.27. The molecule has 67 heavy (non-hydrogen) atoms. The second-order valence-corrected chi connectivity index (χ2v) is 20.2. The van der Waals surface area contributed by atoms with Crippen LogP contribution in [-0.2, 0) is 47.8 Å². The van der Waals surface area contributed by atoms with Gasteiger partial charge in [-0.2, -0.15) is 0 Å². The molecule has 4 unspecified atom stereocenters. The Morgan fingerprint density at radius 3 is 2.31 bits per heavy atom. The second-order valence-electron chi connectivity index (χ2n) is 20.2. The van der Waals surface area contributed by atoms with Crippen LogP contribution in [0.15, 0.2) is 60.2 Å². The number of aliphatic hydroxyl groups is 2. The van der Waals surface area contributed by atoms with Crippen molar-refractivity contribution in [1.29, 1.82) is 0 Å². The average molecular weight is 929 g/mol. The van der Waals surface area contributed by atoms with Crippen molar-refractivity contribution in [2.45, 2.75) is 149 Å². The molecule has 4 aliphatic carbocycles. The lowest BCUT2D eigenvalue weighted by molar-refractivity contribution is -0.215. The molecule has 364 valence electrons. The first-order valence-electron chi connectivity index (χ1n) is 23.7. The number of rotatable bonds is 15. The third-order valence-corrected chi connectivity index (χ3v) is 15.5. The number of carbonyl (C=O) groups excluding carboxylic acids is 8. The highest BCUT2D eigenvalue weighted by molar-refractivity contribution is 6.01. The van der Waals surface area contributed by atoms with Crippen molar-refractivity contribution in [2.75, 3.05) is 6.54 Å². The maximum atomic E-state index is 14.7. The number of aliphatic hydroxyl groups excluding tert-OH is 2. The van der Waals surface area contributed by atoms with Crippen LogP contribution in [0.5, 0.6) is 0 Å². The highest BCUT2D eigenvalue weighted by Gasteiger charge is 2.72. The Balaban J connectivity index is 1.11. The summed E-state index contributed by atoms with van der Waals surface area (Å²) < 4.78 is 11.5. The number of nitrogens with zero attached hydrogens (tertiary/aromatic N) is 1. The molecule has 16 nitrogen and oxygen atoms in total. The molecule has 1 heterocycles. The van der Waals surface area contributed by atoms with Crippen LogP contribution in [0, 0.1) is 40.4 Å². The molecule has 5 aliphatic rings. The van der Waals surface area contributed by atoms with Gasteiger partial charge in [0.2, 0.25) is 29.4 Å². The van der Waals surface area contributed by atoms with Gasteiger partial charge in [-0.15, -0.1) is 0 Å². The Labute approximate surface area is 392 Å². The van der Waals surface area contributed by atoms with Crippen molar-refractivity contribution >= 4 is 52.7 Å². The van der Waals surface area contributed by atoms with Gasteiger partial charge in [0, 0.05) is 35.8 Å². The molecule has 1 saturated heterocycles. The van der Waals surface area contributed by atoms with Gasteiger partial charge in [0.1, 0.15) is 24.2 Å². The van der Waals surface area contributed by atoms with Crippen molar-refractivity contribution in [3.05, 3.63) is 65.8 Å². The van der Waals surface area contributed by atoms with E-state index in [1.54, 1.807) is 40.7 Å². The van der Waals surface area contributed by atoms with Gasteiger partial charge in [-0.25, -0.2) is 4.79 Å². The van der Waals surface area contributed by atoms with Crippen LogP contribution in [0.2, 0.25) is 0 Å². The van der Waals surface area contributed by atoms with Gasteiger partial charge in [-0.3, -0.25) is 33.6 Å². The van der Waals surface area contributed by atoms with Crippen molar-refractivity contribution in [1.82, 2.24) is 20.9 Å². The third kappa shape index (κ3) is 9.79. The quantitative estimate of drug-likeness (QED) is 0.0959. The van der Waals surface area contributed by atoms with E-state index in [-0.39, 0.29) is 61.7 Å². The summed E-state index contributed by atoms with van der Waals surface area (Å²) in [5, 5.41) is 31.5. The van der Waals surface area contributed by atoms with Gasteiger partial charge < -0.3 is 40.5 Å². The van der Waals surface area contributed by atoms with Crippen molar-refractivity contribution in [3.8, 4) is 0 Å². The first-order valence-corrected chi connectivity index (χ1v) is 23.7. The number of hydrogen-bond acceptors (Lipinski definition) is 12. The molecule has 1 aliphatic heterocycles. The lowest BCUT2D eigenvalue weighted by Gasteiger charge is -2.61. The lowest BCUT2D eigenvalue weighted by atomic mass is 9.44. The fraction of sp³-hybridized carbons (Fsp3) is 0.608. The number of fused-ring (bicyclic) bond motifs is 5. The zero-order chi connectivity index (χ0) is 49.3. The molecule has 0 aromatic heterocycles. The highest BCUT2D eigenvalue weighted by atomic mass is 16.6. The molecular weight excluding hydrogens is 861 g/mol. The summed E-state index contributed by atoms with van der Waals surface area (Å²) >= 11 is 0. The Morgan fingerprint density at radius 2 is 1.66 bits per heavy atom. The molecule has 4 fully saturated rings. The largest absolute Gasteiger partial charge is 0.450 e. The van der Waals surface area contributed by atoms with E-state index in [1.165, 1.54) is 30.9 Å². The molecule has 4 amide bonds. The normalized spacial score (nSPS) is 31.8. The molecule has 6 rings (SSSR count). The topological polar surface area (TPSA) is 235 Å². The van der Waals surface area contributed by atoms with Crippen LogP contribution in [0.4, 0.5) is 0 Å². The van der Waals surface area contributed by atoms with Crippen molar-refractivity contribution < 1.29 is 58.0 Å². The fourth-order valence-electron chi connectivity index (χ4n) is 12.1. The van der Waals surface area contributed by atoms with Gasteiger partial charge in [-0.05, 0) is 106 Å². The Bertz CT molecular complexity index is 2240. The number of nitrogens with one attached hydrogen (secondary N) is 3. The van der Waals surface area contributed by atoms with Gasteiger partial charge in [0.05, 0.1) is 6.10 Å². The summed E-state index contributed by atoms with van der Waals surface area (Å²) in [5.74, 6) is -6.63. The Morgan fingerprint density at radius 1 is 0.970 bits per heavy atom. The molecule has 0 bridgehead atoms. The van der Waals surface area contributed by atoms with E-state index in [0.717, 1.165) is 11.1 Å². The number of carbonyl (C=O) groups is 8. The van der Waals surface area contributed by atoms with Gasteiger partial charge in [0.15, 0.2) is 11.4 Å². The molecular formula is C51H68N4O12. The monoisotopic (exact) mass is 928 g/mol. The molecule has 16 heteroatoms. The van der Waals surface area contributed by atoms with Crippen LogP contribution in [0.1, 0.15) is 113 Å². The van der Waals surface area contributed by atoms with Crippen LogP contribution in [-0.4, -0.2) is 111 Å². The predicted molar refractivity (Wildman–Crippen MR) is 246 cm³/mol. The SMILES string of the molecule is CCC(=O)O[C@]1(C(=O)C(O)OC(=O)[C@@H](NC(=O)[C@@H]2CCCN2C(=O)[C@H](C)NC(=O)[C@H](C)NC(=O)C=C(C)c2ccccc2)C(C)C)CCC2C3C[C@H](C)C4=CC(=O)C=C[C@]4(C)C3[C@@H](O)C[C@@]21C. The molecule has 0 radical (unpaired) electrons. The second kappa shape index (κ2) is 20.0. The minimum Gasteiger partial charge on any atom is -0.450 e. The standard InChI is InChI=1S/C51H68N4O12/c1-10-40(59)67-51(21-19-35-34-23-29(5)36-25-33(56)18-20-49(36,8)41(34)38(57)26-50(35,51)9)43(60)48(65)66-47(64)42(27(2)3)54-45(62)37-17-14-22-55(37)46(63)31(7)53-44(61)30(6)52-39(58)24-28(4)32-15-12-11-13-16-32/h11-13,15-16,18,20,24-25,27,29-31,34-35,37-38,41-42,48,57,65H,10,14,17,19,21-23,26H2,1-9H3,(H,52,58)(H,53,61)(H,54,62)/t29-,30-,31-,34?,35?,37-,38-,41?,42-,48?,49-,50-,51-/m0/s1. The molecule has 13 atom stereocenters. The Hall–Kier alpha value is -5.48. The van der Waals surface area contributed by atoms with E-state index in [2.05, 4.69) is 16.0 Å². The molecule has 5 N–H and O–H groups in total. The number of Topliss-reactive ketones (excluding diaryl/α,β-unsaturated/α-hetero) is 1. The van der Waals surface area contributed by atoms with Crippen LogP contribution in [0.3, 0.4) is 0 Å². The summed E-state index contributed by atoms with van der Waals surface area (Å²) in [7, 11) is 0. The van der Waals surface area contributed by atoms with Crippen LogP contribution < -0.4 is 16.0 Å². The number of likely N-dealkylation sites (tertiary alicyclic amines) is 1. The number of allylic oxidation sites excluding steroid dienone is 5. The smallest absolute Gasteiger partial charge is 0.331 e. The Kier molecular flexibility index (Phi) is 15.2. The van der Waals surface area contributed by atoms with Crippen molar-refractivity contribution in [2.24, 2.45) is 40.4 Å². The summed E-state index contributed by atoms with van der Waals surface area (Å²) in [4.78, 5) is 109. The maximum absolute atomic E-state index is 14.7. The summed E-state index contributed by atoms with van der Waals surface area (Å²) in [6, 6.07) is 4.79. The van der Waals surface area contributed by atoms with Gasteiger partial charge in [0.25, 0.3) is 6.29 Å². The first-order chi connectivity index (χ1) is 31.5. The number of ketones is 2. The zero-order valence-electron chi connectivity index (χ0n) is 40.1. The predicted octanol–water partition coefficient (Wildman–Crippen LogP) is 3.88. The lowest BCUT2D eigenvalue weighted by Crippen LogP contribution is -2.64. The number of benzene rings is 1. The van der Waals surface area contributed by atoms with E-state index < -0.39 is 100 Å². The van der Waals surface area contributed by atoms with Gasteiger partial charge >= 0.3 is 11.9 Å². The minimum absolute atomic E-state index is 0.0134. The summed E-state index contributed by atoms with van der Waals surface area (Å²) in [6.45, 7) is 15.6. The third-order valence-electron chi connectivity index (χ3n) is 15.5.